The fraction of sp³-hybridized carbons (Fsp3) is 0.240. The van der Waals surface area contributed by atoms with Crippen molar-refractivity contribution < 1.29 is 17.9 Å². The zero-order valence-corrected chi connectivity index (χ0v) is 19.1. The Kier molecular flexibility index (Phi) is 5.68. The predicted molar refractivity (Wildman–Crippen MR) is 127 cm³/mol. The number of fused-ring (bicyclic) bond motifs is 2. The molecule has 7 nitrogen and oxygen atoms in total. The summed E-state index contributed by atoms with van der Waals surface area (Å²) in [5.41, 5.74) is 3.56. The Balaban J connectivity index is 1.38. The summed E-state index contributed by atoms with van der Waals surface area (Å²) in [6, 6.07) is 20.2. The number of rotatable bonds is 7. The molecule has 0 amide bonds. The molecule has 0 bridgehead atoms. The second-order valence-corrected chi connectivity index (χ2v) is 9.51. The molecule has 170 valence electrons. The molecule has 8 heteroatoms. The minimum Gasteiger partial charge on any atom is -0.486 e. The molecule has 0 saturated heterocycles. The van der Waals surface area contributed by atoms with E-state index in [1.54, 1.807) is 12.1 Å². The number of benzene rings is 3. The Hall–Kier alpha value is -3.52. The SMILES string of the molecule is CCn1c(CCc2ccccc2NS(=O)(=O)c2ccc3c(c2)OCCO3)nc2ccccc21. The highest BCUT2D eigenvalue weighted by molar-refractivity contribution is 7.92. The van der Waals surface area contributed by atoms with Gasteiger partial charge in [-0.15, -0.1) is 0 Å². The van der Waals surface area contributed by atoms with Crippen molar-refractivity contribution >= 4 is 26.7 Å². The van der Waals surface area contributed by atoms with Gasteiger partial charge in [-0.3, -0.25) is 4.72 Å². The van der Waals surface area contributed by atoms with E-state index < -0.39 is 10.0 Å². The van der Waals surface area contributed by atoms with Gasteiger partial charge in [0.15, 0.2) is 11.5 Å². The summed E-state index contributed by atoms with van der Waals surface area (Å²) in [5.74, 6) is 1.98. The summed E-state index contributed by atoms with van der Waals surface area (Å²) < 4.78 is 42.2. The van der Waals surface area contributed by atoms with Crippen LogP contribution in [-0.2, 0) is 29.4 Å². The van der Waals surface area contributed by atoms with E-state index in [4.69, 9.17) is 14.5 Å². The molecule has 0 spiro atoms. The molecular formula is C25H25N3O4S. The van der Waals surface area contributed by atoms with Gasteiger partial charge in [0.05, 0.1) is 21.6 Å². The van der Waals surface area contributed by atoms with Crippen molar-refractivity contribution in [3.8, 4) is 11.5 Å². The number of imidazole rings is 1. The number of nitrogens with zero attached hydrogens (tertiary/aromatic N) is 2. The van der Waals surface area contributed by atoms with Gasteiger partial charge in [-0.1, -0.05) is 30.3 Å². The zero-order valence-electron chi connectivity index (χ0n) is 18.3. The van der Waals surface area contributed by atoms with Gasteiger partial charge in [-0.25, -0.2) is 13.4 Å². The zero-order chi connectivity index (χ0) is 22.8. The molecule has 3 aromatic carbocycles. The monoisotopic (exact) mass is 463 g/mol. The summed E-state index contributed by atoms with van der Waals surface area (Å²) in [6.45, 7) is 3.78. The Labute approximate surface area is 193 Å². The maximum Gasteiger partial charge on any atom is 0.262 e. The third-order valence-electron chi connectivity index (χ3n) is 5.75. The lowest BCUT2D eigenvalue weighted by molar-refractivity contribution is 0.171. The molecule has 1 aromatic heterocycles. The molecule has 0 aliphatic carbocycles. The van der Waals surface area contributed by atoms with Gasteiger partial charge >= 0.3 is 0 Å². The van der Waals surface area contributed by atoms with Gasteiger partial charge in [0, 0.05) is 19.0 Å². The molecular weight excluding hydrogens is 438 g/mol. The van der Waals surface area contributed by atoms with Crippen LogP contribution in [-0.4, -0.2) is 31.2 Å². The quantitative estimate of drug-likeness (QED) is 0.439. The summed E-state index contributed by atoms with van der Waals surface area (Å²) in [5, 5.41) is 0. The Morgan fingerprint density at radius 2 is 1.70 bits per heavy atom. The number of nitrogens with one attached hydrogen (secondary N) is 1. The first-order chi connectivity index (χ1) is 16.0. The molecule has 2 heterocycles. The van der Waals surface area contributed by atoms with Crippen LogP contribution >= 0.6 is 0 Å². The van der Waals surface area contributed by atoms with Crippen molar-refractivity contribution in [1.29, 1.82) is 0 Å². The van der Waals surface area contributed by atoms with E-state index in [2.05, 4.69) is 22.3 Å². The van der Waals surface area contributed by atoms with Gasteiger partial charge < -0.3 is 14.0 Å². The molecule has 4 aromatic rings. The van der Waals surface area contributed by atoms with Crippen LogP contribution in [0, 0.1) is 0 Å². The van der Waals surface area contributed by atoms with Crippen LogP contribution < -0.4 is 14.2 Å². The second-order valence-electron chi connectivity index (χ2n) is 7.83. The van der Waals surface area contributed by atoms with Crippen molar-refractivity contribution in [3.05, 3.63) is 78.1 Å². The molecule has 0 radical (unpaired) electrons. The smallest absolute Gasteiger partial charge is 0.262 e. The number of ether oxygens (including phenoxy) is 2. The third-order valence-corrected chi connectivity index (χ3v) is 7.12. The second kappa shape index (κ2) is 8.78. The van der Waals surface area contributed by atoms with E-state index in [0.29, 0.717) is 43.2 Å². The highest BCUT2D eigenvalue weighted by Crippen LogP contribution is 2.33. The fourth-order valence-corrected chi connectivity index (χ4v) is 5.26. The molecule has 0 fully saturated rings. The van der Waals surface area contributed by atoms with Crippen LogP contribution in [0.15, 0.2) is 71.6 Å². The molecule has 0 saturated carbocycles. The lowest BCUT2D eigenvalue weighted by Crippen LogP contribution is -2.18. The standard InChI is InChI=1S/C25H25N3O4S/c1-2-28-22-10-6-5-9-21(22)26-25(28)14-11-18-7-3-4-8-20(18)27-33(29,30)19-12-13-23-24(17-19)32-16-15-31-23/h3-10,12-13,17,27H,2,11,14-16H2,1H3. The minimum atomic E-state index is -3.79. The van der Waals surface area contributed by atoms with Crippen molar-refractivity contribution in [2.24, 2.45) is 0 Å². The summed E-state index contributed by atoms with van der Waals surface area (Å²) in [4.78, 5) is 4.92. The Bertz CT molecular complexity index is 1410. The number of hydrogen-bond acceptors (Lipinski definition) is 5. The van der Waals surface area contributed by atoms with Crippen LogP contribution in [0.1, 0.15) is 18.3 Å². The van der Waals surface area contributed by atoms with E-state index in [1.807, 2.05) is 36.4 Å². The average Bonchev–Trinajstić information content (AvgIpc) is 3.20. The number of sulfonamides is 1. The Morgan fingerprint density at radius 1 is 0.939 bits per heavy atom. The number of hydrogen-bond donors (Lipinski definition) is 1. The molecule has 33 heavy (non-hydrogen) atoms. The predicted octanol–water partition coefficient (Wildman–Crippen LogP) is 4.41. The largest absolute Gasteiger partial charge is 0.486 e. The summed E-state index contributed by atoms with van der Waals surface area (Å²) in [6.07, 6.45) is 1.36. The number of aromatic nitrogens is 2. The number of para-hydroxylation sites is 3. The van der Waals surface area contributed by atoms with Crippen molar-refractivity contribution in [3.63, 3.8) is 0 Å². The van der Waals surface area contributed by atoms with Crippen LogP contribution in [0.2, 0.25) is 0 Å². The normalized spacial score (nSPS) is 13.2. The molecule has 5 rings (SSSR count). The topological polar surface area (TPSA) is 82.5 Å². The summed E-state index contributed by atoms with van der Waals surface area (Å²) in [7, 11) is -3.79. The van der Waals surface area contributed by atoms with E-state index in [0.717, 1.165) is 29.0 Å². The number of anilines is 1. The lowest BCUT2D eigenvalue weighted by atomic mass is 10.1. The molecule has 0 unspecified atom stereocenters. The van der Waals surface area contributed by atoms with Crippen molar-refractivity contribution in [1.82, 2.24) is 9.55 Å². The first kappa shape index (κ1) is 21.3. The fourth-order valence-electron chi connectivity index (χ4n) is 4.15. The van der Waals surface area contributed by atoms with E-state index >= 15 is 0 Å². The third kappa shape index (κ3) is 4.26. The van der Waals surface area contributed by atoms with Crippen LogP contribution in [0.3, 0.4) is 0 Å². The van der Waals surface area contributed by atoms with Crippen molar-refractivity contribution in [2.45, 2.75) is 31.2 Å². The van der Waals surface area contributed by atoms with Crippen LogP contribution in [0.25, 0.3) is 11.0 Å². The first-order valence-corrected chi connectivity index (χ1v) is 12.5. The first-order valence-electron chi connectivity index (χ1n) is 11.0. The molecule has 1 aliphatic heterocycles. The molecule has 1 aliphatic rings. The highest BCUT2D eigenvalue weighted by Gasteiger charge is 2.20. The minimum absolute atomic E-state index is 0.134. The van der Waals surface area contributed by atoms with Crippen molar-refractivity contribution in [2.75, 3.05) is 17.9 Å². The molecule has 1 N–H and O–H groups in total. The van der Waals surface area contributed by atoms with E-state index in [9.17, 15) is 8.42 Å². The maximum absolute atomic E-state index is 13.1. The molecule has 0 atom stereocenters. The van der Waals surface area contributed by atoms with Gasteiger partial charge in [-0.2, -0.15) is 0 Å². The van der Waals surface area contributed by atoms with Crippen LogP contribution in [0.4, 0.5) is 5.69 Å². The van der Waals surface area contributed by atoms with E-state index in [-0.39, 0.29) is 4.90 Å². The average molecular weight is 464 g/mol. The number of aryl methyl sites for hydroxylation is 3. The van der Waals surface area contributed by atoms with Gasteiger partial charge in [0.25, 0.3) is 10.0 Å². The lowest BCUT2D eigenvalue weighted by Gasteiger charge is -2.19. The van der Waals surface area contributed by atoms with Gasteiger partial charge in [0.2, 0.25) is 0 Å². The Morgan fingerprint density at radius 3 is 2.55 bits per heavy atom. The van der Waals surface area contributed by atoms with Gasteiger partial charge in [-0.05, 0) is 49.2 Å². The van der Waals surface area contributed by atoms with Gasteiger partial charge in [0.1, 0.15) is 19.0 Å². The highest BCUT2D eigenvalue weighted by atomic mass is 32.2. The van der Waals surface area contributed by atoms with Crippen LogP contribution in [0.5, 0.6) is 11.5 Å². The maximum atomic E-state index is 13.1. The van der Waals surface area contributed by atoms with E-state index in [1.165, 1.54) is 12.1 Å². The summed E-state index contributed by atoms with van der Waals surface area (Å²) >= 11 is 0.